The molecule has 0 radical (unpaired) electrons. The number of hydrogen-bond donors (Lipinski definition) is 1. The van der Waals surface area contributed by atoms with E-state index in [1.165, 1.54) is 0 Å². The summed E-state index contributed by atoms with van der Waals surface area (Å²) in [5, 5.41) is 3.00. The van der Waals surface area contributed by atoms with Gasteiger partial charge in [0.25, 0.3) is 5.91 Å². The van der Waals surface area contributed by atoms with Gasteiger partial charge >= 0.3 is 0 Å². The average molecular weight is 531 g/mol. The number of nitrogens with one attached hydrogen (secondary N) is 1. The molecule has 2 heterocycles. The molecular formula is C33H42N2O4. The van der Waals surface area contributed by atoms with Crippen LogP contribution in [0.2, 0.25) is 0 Å². The van der Waals surface area contributed by atoms with E-state index < -0.39 is 0 Å². The van der Waals surface area contributed by atoms with Crippen molar-refractivity contribution in [3.05, 3.63) is 78.0 Å². The third-order valence-corrected chi connectivity index (χ3v) is 7.15. The van der Waals surface area contributed by atoms with Crippen LogP contribution >= 0.6 is 0 Å². The number of nitrogens with zero attached hydrogens (tertiary/aromatic N) is 1. The summed E-state index contributed by atoms with van der Waals surface area (Å²) in [6, 6.07) is 14.7. The summed E-state index contributed by atoms with van der Waals surface area (Å²) in [6.07, 6.45) is 9.51. The Morgan fingerprint density at radius 3 is 2.72 bits per heavy atom. The van der Waals surface area contributed by atoms with Gasteiger partial charge in [-0.2, -0.15) is 0 Å². The van der Waals surface area contributed by atoms with Gasteiger partial charge in [-0.3, -0.25) is 4.79 Å². The normalized spacial score (nSPS) is 17.3. The molecule has 0 aromatic heterocycles. The average Bonchev–Trinajstić information content (AvgIpc) is 3.38. The first-order valence-electron chi connectivity index (χ1n) is 14.2. The SMILES string of the molecule is C=C/C=C(\C)NC(=O)C1=Cc2cc(-c3ccc(OCCOCCCC)cc3)ccc2N(C[C@H]2CCOC2)CC1. The molecule has 0 spiro atoms. The first-order valence-corrected chi connectivity index (χ1v) is 14.2. The molecule has 0 saturated carbocycles. The lowest BCUT2D eigenvalue weighted by Crippen LogP contribution is -2.31. The monoisotopic (exact) mass is 530 g/mol. The maximum Gasteiger partial charge on any atom is 0.251 e. The molecule has 0 bridgehead atoms. The van der Waals surface area contributed by atoms with Crippen molar-refractivity contribution in [2.45, 2.75) is 39.5 Å². The number of carbonyl (C=O) groups is 1. The number of hydrogen-bond acceptors (Lipinski definition) is 5. The van der Waals surface area contributed by atoms with Crippen LogP contribution in [0, 0.1) is 5.92 Å². The van der Waals surface area contributed by atoms with Gasteiger partial charge in [-0.15, -0.1) is 0 Å². The minimum absolute atomic E-state index is 0.0619. The van der Waals surface area contributed by atoms with Gasteiger partial charge in [0.2, 0.25) is 0 Å². The maximum absolute atomic E-state index is 13.1. The summed E-state index contributed by atoms with van der Waals surface area (Å²) in [6.45, 7) is 13.0. The number of benzene rings is 2. The fourth-order valence-corrected chi connectivity index (χ4v) is 4.97. The number of allylic oxidation sites excluding steroid dienone is 3. The second-order valence-electron chi connectivity index (χ2n) is 10.2. The van der Waals surface area contributed by atoms with Crippen molar-refractivity contribution in [1.82, 2.24) is 5.32 Å². The van der Waals surface area contributed by atoms with E-state index in [0.29, 0.717) is 25.6 Å². The Morgan fingerprint density at radius 1 is 1.15 bits per heavy atom. The third kappa shape index (κ3) is 8.32. The number of anilines is 1. The highest BCUT2D eigenvalue weighted by atomic mass is 16.5. The molecule has 1 N–H and O–H groups in total. The fourth-order valence-electron chi connectivity index (χ4n) is 4.97. The summed E-state index contributed by atoms with van der Waals surface area (Å²) < 4.78 is 17.1. The van der Waals surface area contributed by atoms with Crippen molar-refractivity contribution in [1.29, 1.82) is 0 Å². The van der Waals surface area contributed by atoms with Crippen molar-refractivity contribution in [3.8, 4) is 16.9 Å². The summed E-state index contributed by atoms with van der Waals surface area (Å²) in [5.41, 5.74) is 5.99. The molecule has 2 aromatic rings. The summed E-state index contributed by atoms with van der Waals surface area (Å²) >= 11 is 0. The lowest BCUT2D eigenvalue weighted by atomic mass is 9.99. The molecule has 1 saturated heterocycles. The molecule has 2 aliphatic rings. The molecule has 1 amide bonds. The van der Waals surface area contributed by atoms with Crippen molar-refractivity contribution >= 4 is 17.7 Å². The number of rotatable bonds is 13. The van der Waals surface area contributed by atoms with Crippen molar-refractivity contribution in [2.75, 3.05) is 51.0 Å². The molecule has 0 aliphatic carbocycles. The van der Waals surface area contributed by atoms with Crippen molar-refractivity contribution in [3.63, 3.8) is 0 Å². The Morgan fingerprint density at radius 2 is 1.97 bits per heavy atom. The molecule has 4 rings (SSSR count). The summed E-state index contributed by atoms with van der Waals surface area (Å²) in [4.78, 5) is 15.6. The van der Waals surface area contributed by atoms with Gasteiger partial charge in [0, 0.05) is 49.2 Å². The molecule has 2 aromatic carbocycles. The zero-order valence-corrected chi connectivity index (χ0v) is 23.4. The smallest absolute Gasteiger partial charge is 0.251 e. The van der Waals surface area contributed by atoms with Gasteiger partial charge in [0.15, 0.2) is 0 Å². The van der Waals surface area contributed by atoms with Gasteiger partial charge < -0.3 is 24.4 Å². The Balaban J connectivity index is 1.52. The van der Waals surface area contributed by atoms with E-state index in [0.717, 1.165) is 91.6 Å². The van der Waals surface area contributed by atoms with E-state index in [4.69, 9.17) is 14.2 Å². The molecule has 1 atom stereocenters. The van der Waals surface area contributed by atoms with Crippen LogP contribution in [0.5, 0.6) is 5.75 Å². The molecular weight excluding hydrogens is 488 g/mol. The second-order valence-corrected chi connectivity index (χ2v) is 10.2. The first-order chi connectivity index (χ1) is 19.1. The number of unbranched alkanes of at least 4 members (excludes halogenated alkanes) is 1. The van der Waals surface area contributed by atoms with E-state index >= 15 is 0 Å². The van der Waals surface area contributed by atoms with Crippen LogP contribution in [0.1, 0.15) is 45.1 Å². The lowest BCUT2D eigenvalue weighted by molar-refractivity contribution is -0.116. The minimum atomic E-state index is -0.0619. The standard InChI is InChI=1S/C33H42N2O4/c1-4-6-17-37-19-20-39-31-11-8-27(9-12-31)28-10-13-32-30(21-28)22-29(33(36)34-25(3)7-5-2)14-16-35(32)23-26-15-18-38-24-26/h5,7-13,21-22,26H,2,4,6,14-20,23-24H2,1,3H3,(H,34,36)/b25-7+/t26-/m1/s1. The highest BCUT2D eigenvalue weighted by Gasteiger charge is 2.24. The quantitative estimate of drug-likeness (QED) is 0.240. The molecule has 208 valence electrons. The second kappa shape index (κ2) is 14.7. The Hall–Kier alpha value is -3.35. The predicted octanol–water partition coefficient (Wildman–Crippen LogP) is 6.39. The van der Waals surface area contributed by atoms with Crippen molar-refractivity contribution in [2.24, 2.45) is 5.92 Å². The predicted molar refractivity (Wildman–Crippen MR) is 159 cm³/mol. The van der Waals surface area contributed by atoms with Crippen molar-refractivity contribution < 1.29 is 19.0 Å². The number of carbonyl (C=O) groups excluding carboxylic acids is 1. The molecule has 2 aliphatic heterocycles. The van der Waals surface area contributed by atoms with Gasteiger partial charge in [0.05, 0.1) is 13.2 Å². The van der Waals surface area contributed by atoms with Gasteiger partial charge in [-0.05, 0) is 79.3 Å². The largest absolute Gasteiger partial charge is 0.491 e. The van der Waals surface area contributed by atoms with E-state index in [2.05, 4.69) is 60.1 Å². The first kappa shape index (κ1) is 28.7. The van der Waals surface area contributed by atoms with Crippen LogP contribution in [0.15, 0.2) is 72.5 Å². The van der Waals surface area contributed by atoms with E-state index in [1.54, 1.807) is 12.2 Å². The Kier molecular flexibility index (Phi) is 10.8. The summed E-state index contributed by atoms with van der Waals surface area (Å²) in [5.74, 6) is 1.28. The molecule has 6 nitrogen and oxygen atoms in total. The van der Waals surface area contributed by atoms with Crippen LogP contribution in [0.4, 0.5) is 5.69 Å². The van der Waals surface area contributed by atoms with Crippen LogP contribution in [0.25, 0.3) is 17.2 Å². The zero-order valence-electron chi connectivity index (χ0n) is 23.4. The number of amides is 1. The molecule has 1 fully saturated rings. The molecule has 0 unspecified atom stereocenters. The Bertz CT molecular complexity index is 1160. The number of ether oxygens (including phenoxy) is 3. The lowest BCUT2D eigenvalue weighted by Gasteiger charge is -2.28. The van der Waals surface area contributed by atoms with Crippen LogP contribution < -0.4 is 15.0 Å². The van der Waals surface area contributed by atoms with E-state index in [9.17, 15) is 4.79 Å². The Labute approximate surface area is 233 Å². The minimum Gasteiger partial charge on any atom is -0.491 e. The van der Waals surface area contributed by atoms with Crippen LogP contribution in [-0.4, -0.2) is 52.0 Å². The van der Waals surface area contributed by atoms with E-state index in [1.807, 2.05) is 19.1 Å². The molecule has 6 heteroatoms. The van der Waals surface area contributed by atoms with E-state index in [-0.39, 0.29) is 5.91 Å². The third-order valence-electron chi connectivity index (χ3n) is 7.15. The topological polar surface area (TPSA) is 60.0 Å². The van der Waals surface area contributed by atoms with Gasteiger partial charge in [0.1, 0.15) is 12.4 Å². The fraction of sp³-hybridized carbons (Fsp3) is 0.424. The zero-order chi connectivity index (χ0) is 27.5. The molecule has 39 heavy (non-hydrogen) atoms. The van der Waals surface area contributed by atoms with Crippen LogP contribution in [-0.2, 0) is 14.3 Å². The van der Waals surface area contributed by atoms with Crippen LogP contribution in [0.3, 0.4) is 0 Å². The number of fused-ring (bicyclic) bond motifs is 1. The van der Waals surface area contributed by atoms with Gasteiger partial charge in [-0.25, -0.2) is 0 Å². The summed E-state index contributed by atoms with van der Waals surface area (Å²) in [7, 11) is 0. The maximum atomic E-state index is 13.1. The van der Waals surface area contributed by atoms with Gasteiger partial charge in [-0.1, -0.05) is 44.2 Å². The highest BCUT2D eigenvalue weighted by molar-refractivity contribution is 6.00. The highest BCUT2D eigenvalue weighted by Crippen LogP contribution is 2.34.